The third kappa shape index (κ3) is 2.44. The van der Waals surface area contributed by atoms with E-state index in [1.807, 2.05) is 0 Å². The van der Waals surface area contributed by atoms with Crippen molar-refractivity contribution in [1.82, 2.24) is 9.55 Å². The SMILES string of the molecule is Cc1nc2sc(S(N)(=O)=O)cc2c(=O)n1-c1ccccc1Cl. The first-order valence-electron chi connectivity index (χ1n) is 6.10. The van der Waals surface area contributed by atoms with Crippen molar-refractivity contribution in [3.05, 3.63) is 51.5 Å². The van der Waals surface area contributed by atoms with Gasteiger partial charge in [-0.2, -0.15) is 0 Å². The Labute approximate surface area is 134 Å². The number of hydrogen-bond acceptors (Lipinski definition) is 5. The van der Waals surface area contributed by atoms with Gasteiger partial charge in [0, 0.05) is 0 Å². The van der Waals surface area contributed by atoms with E-state index in [0.717, 1.165) is 11.3 Å². The van der Waals surface area contributed by atoms with Crippen LogP contribution < -0.4 is 10.7 Å². The van der Waals surface area contributed by atoms with E-state index in [9.17, 15) is 13.2 Å². The molecule has 0 aliphatic rings. The van der Waals surface area contributed by atoms with E-state index in [0.29, 0.717) is 21.4 Å². The first-order valence-corrected chi connectivity index (χ1v) is 8.84. The fourth-order valence-electron chi connectivity index (χ4n) is 2.12. The van der Waals surface area contributed by atoms with Crippen LogP contribution in [0.3, 0.4) is 0 Å². The second-order valence-corrected chi connectivity index (χ2v) is 7.81. The summed E-state index contributed by atoms with van der Waals surface area (Å²) in [6, 6.07) is 8.10. The molecule has 0 aliphatic carbocycles. The molecule has 0 aliphatic heterocycles. The predicted octanol–water partition coefficient (Wildman–Crippen LogP) is 2.06. The fourth-order valence-corrected chi connectivity index (χ4v) is 4.12. The van der Waals surface area contributed by atoms with Crippen molar-refractivity contribution in [2.45, 2.75) is 11.1 Å². The topological polar surface area (TPSA) is 95.1 Å². The lowest BCUT2D eigenvalue weighted by Gasteiger charge is -2.10. The second-order valence-electron chi connectivity index (χ2n) is 4.58. The van der Waals surface area contributed by atoms with Gasteiger partial charge in [-0.3, -0.25) is 9.36 Å². The summed E-state index contributed by atoms with van der Waals surface area (Å²) in [5.41, 5.74) is 0.103. The summed E-state index contributed by atoms with van der Waals surface area (Å²) in [5, 5.41) is 5.70. The largest absolute Gasteiger partial charge is 0.268 e. The van der Waals surface area contributed by atoms with Gasteiger partial charge in [0.1, 0.15) is 14.9 Å². The Morgan fingerprint density at radius 3 is 2.64 bits per heavy atom. The zero-order valence-corrected chi connectivity index (χ0v) is 13.7. The van der Waals surface area contributed by atoms with Crippen LogP contribution >= 0.6 is 22.9 Å². The van der Waals surface area contributed by atoms with Crippen molar-refractivity contribution in [3.8, 4) is 5.69 Å². The normalized spacial score (nSPS) is 12.0. The number of primary sulfonamides is 1. The zero-order chi connectivity index (χ0) is 16.1. The van der Waals surface area contributed by atoms with Gasteiger partial charge in [-0.05, 0) is 25.1 Å². The lowest BCUT2D eigenvalue weighted by Crippen LogP contribution is -2.21. The first-order chi connectivity index (χ1) is 10.3. The molecular formula is C13H10ClN3O3S2. The van der Waals surface area contributed by atoms with Gasteiger partial charge < -0.3 is 0 Å². The molecule has 0 spiro atoms. The van der Waals surface area contributed by atoms with E-state index in [4.69, 9.17) is 16.7 Å². The van der Waals surface area contributed by atoms with Gasteiger partial charge in [-0.1, -0.05) is 23.7 Å². The van der Waals surface area contributed by atoms with Gasteiger partial charge in [0.25, 0.3) is 5.56 Å². The van der Waals surface area contributed by atoms with Crippen LogP contribution in [0.2, 0.25) is 5.02 Å². The molecule has 0 radical (unpaired) electrons. The third-order valence-corrected chi connectivity index (χ3v) is 5.85. The quantitative estimate of drug-likeness (QED) is 0.761. The van der Waals surface area contributed by atoms with Crippen molar-refractivity contribution < 1.29 is 8.42 Å². The number of aromatic nitrogens is 2. The summed E-state index contributed by atoms with van der Waals surface area (Å²) in [6.07, 6.45) is 0. The van der Waals surface area contributed by atoms with Crippen molar-refractivity contribution in [2.24, 2.45) is 5.14 Å². The third-order valence-electron chi connectivity index (χ3n) is 3.08. The van der Waals surface area contributed by atoms with E-state index in [1.165, 1.54) is 10.6 Å². The van der Waals surface area contributed by atoms with Crippen molar-refractivity contribution in [2.75, 3.05) is 0 Å². The van der Waals surface area contributed by atoms with Gasteiger partial charge in [0.05, 0.1) is 16.1 Å². The highest BCUT2D eigenvalue weighted by atomic mass is 35.5. The Hall–Kier alpha value is -1.74. The highest BCUT2D eigenvalue weighted by Crippen LogP contribution is 2.26. The maximum Gasteiger partial charge on any atom is 0.266 e. The number of sulfonamides is 1. The predicted molar refractivity (Wildman–Crippen MR) is 86.3 cm³/mol. The molecule has 0 amide bonds. The summed E-state index contributed by atoms with van der Waals surface area (Å²) in [4.78, 5) is 17.3. The molecule has 0 unspecified atom stereocenters. The van der Waals surface area contributed by atoms with Crippen molar-refractivity contribution in [3.63, 3.8) is 0 Å². The minimum Gasteiger partial charge on any atom is -0.268 e. The number of benzene rings is 1. The molecule has 9 heteroatoms. The minimum atomic E-state index is -3.88. The average Bonchev–Trinajstić information content (AvgIpc) is 2.85. The molecule has 0 bridgehead atoms. The van der Waals surface area contributed by atoms with Crippen molar-refractivity contribution in [1.29, 1.82) is 0 Å². The maximum absolute atomic E-state index is 12.7. The standard InChI is InChI=1S/C13H10ClN3O3S2/c1-7-16-12-8(6-11(21-12)22(15,19)20)13(18)17(7)10-5-3-2-4-9(10)14/h2-6H,1H3,(H2,15,19,20). The van der Waals surface area contributed by atoms with E-state index < -0.39 is 10.0 Å². The Kier molecular flexibility index (Phi) is 3.56. The highest BCUT2D eigenvalue weighted by molar-refractivity contribution is 7.91. The molecule has 0 fully saturated rings. The number of rotatable bonds is 2. The zero-order valence-electron chi connectivity index (χ0n) is 11.3. The number of para-hydroxylation sites is 1. The van der Waals surface area contributed by atoms with Gasteiger partial charge in [0.2, 0.25) is 10.0 Å². The Morgan fingerprint density at radius 2 is 2.00 bits per heavy atom. The van der Waals surface area contributed by atoms with Crippen LogP contribution in [0.1, 0.15) is 5.82 Å². The summed E-state index contributed by atoms with van der Waals surface area (Å²) >= 11 is 7.00. The van der Waals surface area contributed by atoms with Gasteiger partial charge in [-0.15, -0.1) is 11.3 Å². The minimum absolute atomic E-state index is 0.0941. The molecule has 3 rings (SSSR count). The average molecular weight is 356 g/mol. The van der Waals surface area contributed by atoms with Crippen LogP contribution in [-0.4, -0.2) is 18.0 Å². The van der Waals surface area contributed by atoms with Crippen LogP contribution in [0, 0.1) is 6.92 Å². The molecule has 22 heavy (non-hydrogen) atoms. The molecule has 0 saturated carbocycles. The molecule has 0 saturated heterocycles. The van der Waals surface area contributed by atoms with E-state index >= 15 is 0 Å². The summed E-state index contributed by atoms with van der Waals surface area (Å²) in [6.45, 7) is 1.65. The molecule has 3 aromatic rings. The number of fused-ring (bicyclic) bond motifs is 1. The lowest BCUT2D eigenvalue weighted by atomic mass is 10.3. The molecular weight excluding hydrogens is 346 g/mol. The number of aryl methyl sites for hydroxylation is 1. The number of hydrogen-bond donors (Lipinski definition) is 1. The second kappa shape index (κ2) is 5.17. The van der Waals surface area contributed by atoms with Crippen LogP contribution in [0.25, 0.3) is 15.9 Å². The Morgan fingerprint density at radius 1 is 1.32 bits per heavy atom. The van der Waals surface area contributed by atoms with Crippen molar-refractivity contribution >= 4 is 43.2 Å². The van der Waals surface area contributed by atoms with Gasteiger partial charge in [0.15, 0.2) is 0 Å². The number of thiophene rings is 1. The van der Waals surface area contributed by atoms with Crippen LogP contribution in [0.4, 0.5) is 0 Å². The van der Waals surface area contributed by atoms with Gasteiger partial charge >= 0.3 is 0 Å². The van der Waals surface area contributed by atoms with Crippen LogP contribution in [0.5, 0.6) is 0 Å². The molecule has 2 heterocycles. The van der Waals surface area contributed by atoms with Gasteiger partial charge in [-0.25, -0.2) is 18.5 Å². The fraction of sp³-hybridized carbons (Fsp3) is 0.0769. The molecule has 2 aromatic heterocycles. The number of nitrogens with zero attached hydrogens (tertiary/aromatic N) is 2. The van der Waals surface area contributed by atoms with E-state index in [2.05, 4.69) is 4.98 Å². The Bertz CT molecular complexity index is 1050. The first kappa shape index (κ1) is 15.2. The maximum atomic E-state index is 12.7. The van der Waals surface area contributed by atoms with E-state index in [1.54, 1.807) is 31.2 Å². The smallest absolute Gasteiger partial charge is 0.266 e. The molecule has 2 N–H and O–H groups in total. The lowest BCUT2D eigenvalue weighted by molar-refractivity contribution is 0.600. The van der Waals surface area contributed by atoms with E-state index in [-0.39, 0.29) is 15.2 Å². The number of nitrogens with two attached hydrogens (primary N) is 1. The molecule has 114 valence electrons. The summed E-state index contributed by atoms with van der Waals surface area (Å²) < 4.78 is 24.1. The summed E-state index contributed by atoms with van der Waals surface area (Å²) in [5.74, 6) is 0.411. The summed E-state index contributed by atoms with van der Waals surface area (Å²) in [7, 11) is -3.88. The molecule has 6 nitrogen and oxygen atoms in total. The van der Waals surface area contributed by atoms with Crippen LogP contribution in [-0.2, 0) is 10.0 Å². The monoisotopic (exact) mass is 355 g/mol. The van der Waals surface area contributed by atoms with Crippen LogP contribution in [0.15, 0.2) is 39.3 Å². The molecule has 1 aromatic carbocycles. The Balaban J connectivity index is 2.39. The number of halogens is 1. The molecule has 0 atom stereocenters. The highest BCUT2D eigenvalue weighted by Gasteiger charge is 2.18.